The van der Waals surface area contributed by atoms with Crippen LogP contribution in [0.1, 0.15) is 18.4 Å². The van der Waals surface area contributed by atoms with Crippen molar-refractivity contribution in [2.45, 2.75) is 25.5 Å². The molecule has 0 atom stereocenters. The van der Waals surface area contributed by atoms with E-state index in [1.807, 2.05) is 12.1 Å². The predicted molar refractivity (Wildman–Crippen MR) is 157 cm³/mol. The fourth-order valence-electron chi connectivity index (χ4n) is 5.34. The van der Waals surface area contributed by atoms with Gasteiger partial charge < -0.3 is 34.5 Å². The van der Waals surface area contributed by atoms with Crippen LogP contribution in [0.15, 0.2) is 36.7 Å². The van der Waals surface area contributed by atoms with E-state index in [4.69, 9.17) is 30.5 Å². The Bertz CT molecular complexity index is 1290. The normalized spacial score (nSPS) is 16.4. The Morgan fingerprint density at radius 2 is 1.63 bits per heavy atom. The lowest BCUT2D eigenvalue weighted by molar-refractivity contribution is 0.150. The van der Waals surface area contributed by atoms with Crippen molar-refractivity contribution in [2.75, 3.05) is 70.8 Å². The van der Waals surface area contributed by atoms with Gasteiger partial charge in [0.25, 0.3) is 0 Å². The molecule has 3 aromatic rings. The van der Waals surface area contributed by atoms with Gasteiger partial charge in [0, 0.05) is 63.1 Å². The second-order valence-corrected chi connectivity index (χ2v) is 10.3. The first-order chi connectivity index (χ1) is 20.0. The van der Waals surface area contributed by atoms with Crippen molar-refractivity contribution in [3.63, 3.8) is 0 Å². The Balaban J connectivity index is 1.19. The van der Waals surface area contributed by atoms with Crippen LogP contribution in [0.2, 0.25) is 5.02 Å². The molecule has 2 saturated heterocycles. The summed E-state index contributed by atoms with van der Waals surface area (Å²) in [4.78, 5) is 13.7. The van der Waals surface area contributed by atoms with Gasteiger partial charge in [-0.15, -0.1) is 0 Å². The maximum atomic E-state index is 14.8. The van der Waals surface area contributed by atoms with Crippen molar-refractivity contribution >= 4 is 28.9 Å². The number of nitrogens with one attached hydrogen (secondary N) is 2. The van der Waals surface area contributed by atoms with Gasteiger partial charge in [0.1, 0.15) is 18.1 Å². The molecule has 2 N–H and O–H groups in total. The molecule has 0 unspecified atom stereocenters. The molecule has 2 fully saturated rings. The van der Waals surface area contributed by atoms with E-state index in [0.29, 0.717) is 23.5 Å². The van der Waals surface area contributed by atoms with Gasteiger partial charge >= 0.3 is 0 Å². The van der Waals surface area contributed by atoms with Crippen molar-refractivity contribution in [1.29, 1.82) is 0 Å². The van der Waals surface area contributed by atoms with Crippen LogP contribution in [0.5, 0.6) is 23.0 Å². The number of hydrogen-bond donors (Lipinski definition) is 2. The zero-order chi connectivity index (χ0) is 28.8. The van der Waals surface area contributed by atoms with Gasteiger partial charge in [0.15, 0.2) is 17.3 Å². The number of ether oxygens (including phenoxy) is 4. The quantitative estimate of drug-likeness (QED) is 0.354. The summed E-state index contributed by atoms with van der Waals surface area (Å²) >= 11 is 6.29. The molecule has 1 aromatic heterocycles. The molecular weight excluding hydrogens is 551 g/mol. The molecule has 2 aromatic carbocycles. The molecule has 41 heavy (non-hydrogen) atoms. The Morgan fingerprint density at radius 3 is 2.29 bits per heavy atom. The highest BCUT2D eigenvalue weighted by Gasteiger charge is 2.27. The van der Waals surface area contributed by atoms with Crippen LogP contribution >= 0.6 is 11.6 Å². The molecule has 12 heteroatoms. The summed E-state index contributed by atoms with van der Waals surface area (Å²) in [6, 6.07) is 8.06. The summed E-state index contributed by atoms with van der Waals surface area (Å²) in [6.45, 7) is 6.27. The molecule has 0 aliphatic carbocycles. The first kappa shape index (κ1) is 29.0. The maximum Gasteiger partial charge on any atom is 0.227 e. The summed E-state index contributed by atoms with van der Waals surface area (Å²) in [5.41, 5.74) is 2.00. The first-order valence-electron chi connectivity index (χ1n) is 13.7. The Morgan fingerprint density at radius 1 is 0.951 bits per heavy atom. The Labute approximate surface area is 244 Å². The number of halogens is 2. The number of aromatic nitrogens is 2. The van der Waals surface area contributed by atoms with Crippen molar-refractivity contribution < 1.29 is 23.3 Å². The summed E-state index contributed by atoms with van der Waals surface area (Å²) in [6.07, 6.45) is 5.31. The monoisotopic (exact) mass is 586 g/mol. The molecular formula is C29H36ClFN6O4. The number of anilines is 3. The molecule has 10 nitrogen and oxygen atoms in total. The lowest BCUT2D eigenvalue weighted by atomic mass is 10.0. The van der Waals surface area contributed by atoms with Crippen LogP contribution in [0.4, 0.5) is 21.7 Å². The van der Waals surface area contributed by atoms with Gasteiger partial charge in [-0.25, -0.2) is 14.4 Å². The SMILES string of the molecule is COc1cc(Nc2ncc(OCc3c(F)c(OC)cc(OC)c3Cl)cn2)ccc1N1CCC(N2CCNCC2)CC1. The second-order valence-electron chi connectivity index (χ2n) is 9.93. The van der Waals surface area contributed by atoms with E-state index in [9.17, 15) is 4.39 Å². The third-order valence-corrected chi connectivity index (χ3v) is 8.00. The molecule has 2 aliphatic heterocycles. The van der Waals surface area contributed by atoms with Crippen LogP contribution < -0.4 is 34.5 Å². The number of hydrogen-bond acceptors (Lipinski definition) is 10. The lowest BCUT2D eigenvalue weighted by Gasteiger charge is -2.41. The number of rotatable bonds is 10. The van der Waals surface area contributed by atoms with Crippen molar-refractivity contribution in [1.82, 2.24) is 20.2 Å². The summed E-state index contributed by atoms with van der Waals surface area (Å²) in [5, 5.41) is 6.76. The minimum absolute atomic E-state index is 0.0156. The van der Waals surface area contributed by atoms with Crippen molar-refractivity contribution in [3.05, 3.63) is 53.1 Å². The topological polar surface area (TPSA) is 93.2 Å². The predicted octanol–water partition coefficient (Wildman–Crippen LogP) is 4.49. The van der Waals surface area contributed by atoms with Crippen LogP contribution in [0, 0.1) is 5.82 Å². The molecule has 0 amide bonds. The van der Waals surface area contributed by atoms with E-state index in [1.165, 1.54) is 32.7 Å². The summed E-state index contributed by atoms with van der Waals surface area (Å²) in [7, 11) is 4.51. The molecule has 220 valence electrons. The minimum Gasteiger partial charge on any atom is -0.495 e. The number of piperazine rings is 1. The highest BCUT2D eigenvalue weighted by Crippen LogP contribution is 2.37. The largest absolute Gasteiger partial charge is 0.495 e. The Kier molecular flexibility index (Phi) is 9.48. The van der Waals surface area contributed by atoms with Crippen molar-refractivity contribution in [2.24, 2.45) is 0 Å². The number of benzene rings is 2. The average Bonchev–Trinajstić information content (AvgIpc) is 3.02. The van der Waals surface area contributed by atoms with E-state index in [0.717, 1.165) is 69.2 Å². The average molecular weight is 587 g/mol. The van der Waals surface area contributed by atoms with Gasteiger partial charge in [-0.3, -0.25) is 4.90 Å². The van der Waals surface area contributed by atoms with E-state index >= 15 is 0 Å². The van der Waals surface area contributed by atoms with E-state index in [2.05, 4.69) is 36.5 Å². The lowest BCUT2D eigenvalue weighted by Crippen LogP contribution is -2.52. The fourth-order valence-corrected chi connectivity index (χ4v) is 5.61. The van der Waals surface area contributed by atoms with E-state index < -0.39 is 5.82 Å². The zero-order valence-electron chi connectivity index (χ0n) is 23.6. The third-order valence-electron chi connectivity index (χ3n) is 7.58. The molecule has 5 rings (SSSR count). The van der Waals surface area contributed by atoms with E-state index in [-0.39, 0.29) is 22.9 Å². The molecule has 0 radical (unpaired) electrons. The molecule has 0 spiro atoms. The minimum atomic E-state index is -0.612. The zero-order valence-corrected chi connectivity index (χ0v) is 24.3. The van der Waals surface area contributed by atoms with Crippen LogP contribution in [-0.4, -0.2) is 81.5 Å². The molecule has 3 heterocycles. The highest BCUT2D eigenvalue weighted by atomic mass is 35.5. The Hall–Kier alpha value is -3.54. The highest BCUT2D eigenvalue weighted by molar-refractivity contribution is 6.32. The van der Waals surface area contributed by atoms with Crippen LogP contribution in [0.25, 0.3) is 0 Å². The fraction of sp³-hybridized carbons (Fsp3) is 0.448. The summed E-state index contributed by atoms with van der Waals surface area (Å²) < 4.78 is 36.5. The molecule has 0 saturated carbocycles. The second kappa shape index (κ2) is 13.4. The number of piperidine rings is 1. The van der Waals surface area contributed by atoms with Crippen LogP contribution in [0.3, 0.4) is 0 Å². The van der Waals surface area contributed by atoms with Gasteiger partial charge in [-0.1, -0.05) is 11.6 Å². The standard InChI is InChI=1S/C29H36ClFN6O4/c1-38-24-14-19(4-5-23(24)37-10-6-20(7-11-37)36-12-8-32-9-13-36)35-29-33-16-21(17-34-29)41-18-22-27(30)25(39-2)15-26(40-3)28(22)31/h4-5,14-17,20,32H,6-13,18H2,1-3H3,(H,33,34,35). The van der Waals surface area contributed by atoms with Gasteiger partial charge in [-0.2, -0.15) is 0 Å². The van der Waals surface area contributed by atoms with Crippen LogP contribution in [-0.2, 0) is 6.61 Å². The van der Waals surface area contributed by atoms with Gasteiger partial charge in [-0.05, 0) is 25.0 Å². The van der Waals surface area contributed by atoms with Gasteiger partial charge in [0.05, 0.1) is 50.0 Å². The maximum absolute atomic E-state index is 14.8. The third kappa shape index (κ3) is 6.69. The smallest absolute Gasteiger partial charge is 0.227 e. The first-order valence-corrected chi connectivity index (χ1v) is 14.1. The number of methoxy groups -OCH3 is 3. The van der Waals surface area contributed by atoms with Crippen molar-refractivity contribution in [3.8, 4) is 23.0 Å². The molecule has 2 aliphatic rings. The summed E-state index contributed by atoms with van der Waals surface area (Å²) in [5.74, 6) is 1.23. The number of nitrogens with zero attached hydrogens (tertiary/aromatic N) is 4. The van der Waals surface area contributed by atoms with Gasteiger partial charge in [0.2, 0.25) is 5.95 Å². The van der Waals surface area contributed by atoms with E-state index in [1.54, 1.807) is 7.11 Å². The molecule has 0 bridgehead atoms.